The molecule has 0 atom stereocenters. The molecule has 6 nitrogen and oxygen atoms in total. The zero-order chi connectivity index (χ0) is 19.2. The van der Waals surface area contributed by atoms with Crippen molar-refractivity contribution in [3.05, 3.63) is 65.2 Å². The molecule has 2 aromatic carbocycles. The Morgan fingerprint density at radius 3 is 2.48 bits per heavy atom. The van der Waals surface area contributed by atoms with Gasteiger partial charge in [-0.25, -0.2) is 9.59 Å². The molecular formula is C21H24N2O4. The van der Waals surface area contributed by atoms with Gasteiger partial charge in [0.05, 0.1) is 12.7 Å². The second-order valence-corrected chi connectivity index (χ2v) is 6.70. The highest BCUT2D eigenvalue weighted by molar-refractivity contribution is 5.87. The molecule has 2 amide bonds. The van der Waals surface area contributed by atoms with Crippen molar-refractivity contribution in [2.24, 2.45) is 0 Å². The van der Waals surface area contributed by atoms with Gasteiger partial charge in [0.25, 0.3) is 0 Å². The highest BCUT2D eigenvalue weighted by atomic mass is 16.5. The molecule has 0 saturated carbocycles. The minimum absolute atomic E-state index is 0.0820. The van der Waals surface area contributed by atoms with Gasteiger partial charge in [0.2, 0.25) is 0 Å². The third-order valence-corrected chi connectivity index (χ3v) is 4.99. The van der Waals surface area contributed by atoms with Gasteiger partial charge < -0.3 is 20.1 Å². The first kappa shape index (κ1) is 18.8. The number of urea groups is 1. The molecule has 0 unspecified atom stereocenters. The lowest BCUT2D eigenvalue weighted by molar-refractivity contribution is 0.0697. The fourth-order valence-electron chi connectivity index (χ4n) is 3.37. The number of carboxylic acid groups (broad SMARTS) is 1. The highest BCUT2D eigenvalue weighted by Crippen LogP contribution is 2.30. The van der Waals surface area contributed by atoms with E-state index in [2.05, 4.69) is 17.4 Å². The van der Waals surface area contributed by atoms with Gasteiger partial charge in [-0.2, -0.15) is 0 Å². The molecule has 142 valence electrons. The Morgan fingerprint density at radius 2 is 1.85 bits per heavy atom. The molecule has 0 aromatic heterocycles. The molecule has 2 aromatic rings. The topological polar surface area (TPSA) is 78.9 Å². The number of aromatic carboxylic acids is 1. The molecule has 0 spiro atoms. The largest absolute Gasteiger partial charge is 0.497 e. The number of methoxy groups -OCH3 is 1. The van der Waals surface area contributed by atoms with Crippen LogP contribution in [0.4, 0.5) is 4.79 Å². The van der Waals surface area contributed by atoms with E-state index in [-0.39, 0.29) is 11.6 Å². The van der Waals surface area contributed by atoms with Gasteiger partial charge in [-0.3, -0.25) is 0 Å². The fourth-order valence-corrected chi connectivity index (χ4v) is 3.37. The summed E-state index contributed by atoms with van der Waals surface area (Å²) in [4.78, 5) is 25.1. The van der Waals surface area contributed by atoms with Crippen molar-refractivity contribution < 1.29 is 19.4 Å². The molecule has 1 fully saturated rings. The maximum Gasteiger partial charge on any atom is 0.335 e. The molecule has 0 bridgehead atoms. The molecule has 3 rings (SSSR count). The van der Waals surface area contributed by atoms with Crippen LogP contribution in [0, 0.1) is 0 Å². The van der Waals surface area contributed by atoms with Crippen molar-refractivity contribution in [1.29, 1.82) is 0 Å². The molecule has 1 aliphatic heterocycles. The molecule has 6 heteroatoms. The van der Waals surface area contributed by atoms with Crippen LogP contribution in [0.3, 0.4) is 0 Å². The van der Waals surface area contributed by atoms with E-state index in [9.17, 15) is 9.59 Å². The Kier molecular flexibility index (Phi) is 5.96. The molecule has 1 saturated heterocycles. The monoisotopic (exact) mass is 368 g/mol. The van der Waals surface area contributed by atoms with E-state index in [0.717, 1.165) is 24.2 Å². The number of carbonyl (C=O) groups is 2. The number of benzene rings is 2. The summed E-state index contributed by atoms with van der Waals surface area (Å²) in [6.45, 7) is 1.81. The summed E-state index contributed by atoms with van der Waals surface area (Å²) >= 11 is 0. The Bertz CT molecular complexity index is 796. The lowest BCUT2D eigenvalue weighted by Gasteiger charge is -2.32. The number of ether oxygens (including phenoxy) is 1. The van der Waals surface area contributed by atoms with Crippen molar-refractivity contribution in [3.8, 4) is 5.75 Å². The molecular weight excluding hydrogens is 344 g/mol. The zero-order valence-electron chi connectivity index (χ0n) is 15.4. The van der Waals surface area contributed by atoms with E-state index in [1.54, 1.807) is 31.4 Å². The summed E-state index contributed by atoms with van der Waals surface area (Å²) in [6.07, 6.45) is 1.85. The van der Waals surface area contributed by atoms with Crippen LogP contribution >= 0.6 is 0 Å². The van der Waals surface area contributed by atoms with Crippen molar-refractivity contribution in [1.82, 2.24) is 10.2 Å². The SMILES string of the molecule is COc1cccc(C2CCN(C(=O)NCc3ccc(C(=O)O)cc3)CC2)c1. The quantitative estimate of drug-likeness (QED) is 0.847. The maximum absolute atomic E-state index is 12.4. The lowest BCUT2D eigenvalue weighted by Crippen LogP contribution is -2.43. The minimum atomic E-state index is -0.954. The number of carbonyl (C=O) groups excluding carboxylic acids is 1. The van der Waals surface area contributed by atoms with Gasteiger partial charge in [-0.1, -0.05) is 24.3 Å². The second-order valence-electron chi connectivity index (χ2n) is 6.70. The van der Waals surface area contributed by atoms with Gasteiger partial charge in [0, 0.05) is 19.6 Å². The number of nitrogens with zero attached hydrogens (tertiary/aromatic N) is 1. The first-order valence-electron chi connectivity index (χ1n) is 9.06. The fraction of sp³-hybridized carbons (Fsp3) is 0.333. The first-order chi connectivity index (χ1) is 13.1. The van der Waals surface area contributed by atoms with E-state index >= 15 is 0 Å². The van der Waals surface area contributed by atoms with E-state index < -0.39 is 5.97 Å². The average molecular weight is 368 g/mol. The number of rotatable bonds is 5. The number of amides is 2. The van der Waals surface area contributed by atoms with Crippen molar-refractivity contribution in [2.45, 2.75) is 25.3 Å². The van der Waals surface area contributed by atoms with Crippen LogP contribution < -0.4 is 10.1 Å². The highest BCUT2D eigenvalue weighted by Gasteiger charge is 2.23. The molecule has 0 aliphatic carbocycles. The molecule has 1 heterocycles. The molecule has 1 aliphatic rings. The smallest absolute Gasteiger partial charge is 0.335 e. The van der Waals surface area contributed by atoms with Crippen molar-refractivity contribution in [3.63, 3.8) is 0 Å². The molecule has 2 N–H and O–H groups in total. The summed E-state index contributed by atoms with van der Waals surface area (Å²) in [5.74, 6) is 0.346. The van der Waals surface area contributed by atoms with Crippen LogP contribution in [-0.2, 0) is 6.54 Å². The number of hydrogen-bond acceptors (Lipinski definition) is 3. The van der Waals surface area contributed by atoms with E-state index in [0.29, 0.717) is 25.6 Å². The van der Waals surface area contributed by atoms with Crippen molar-refractivity contribution >= 4 is 12.0 Å². The number of piperidine rings is 1. The van der Waals surface area contributed by atoms with Crippen molar-refractivity contribution in [2.75, 3.05) is 20.2 Å². The summed E-state index contributed by atoms with van der Waals surface area (Å²) in [6, 6.07) is 14.6. The standard InChI is InChI=1S/C21H24N2O4/c1-27-19-4-2-3-18(13-19)16-9-11-23(12-10-16)21(26)22-14-15-5-7-17(8-6-15)20(24)25/h2-8,13,16H,9-12,14H2,1H3,(H,22,26)(H,24,25). The average Bonchev–Trinajstić information content (AvgIpc) is 2.72. The van der Waals surface area contributed by atoms with Gasteiger partial charge in [0.1, 0.15) is 5.75 Å². The van der Waals surface area contributed by atoms with E-state index in [4.69, 9.17) is 9.84 Å². The van der Waals surface area contributed by atoms with Crippen LogP contribution in [-0.4, -0.2) is 42.2 Å². The number of carboxylic acids is 1. The van der Waals surface area contributed by atoms with Gasteiger partial charge in [0.15, 0.2) is 0 Å². The van der Waals surface area contributed by atoms with E-state index in [1.807, 2.05) is 17.0 Å². The summed E-state index contributed by atoms with van der Waals surface area (Å²) in [5, 5.41) is 11.8. The summed E-state index contributed by atoms with van der Waals surface area (Å²) in [7, 11) is 1.67. The summed E-state index contributed by atoms with van der Waals surface area (Å²) in [5.41, 5.74) is 2.37. The Balaban J connectivity index is 1.48. The predicted molar refractivity (Wildman–Crippen MR) is 102 cm³/mol. The van der Waals surface area contributed by atoms with Gasteiger partial charge in [-0.05, 0) is 54.2 Å². The van der Waals surface area contributed by atoms with Gasteiger partial charge in [-0.15, -0.1) is 0 Å². The predicted octanol–water partition coefficient (Wildman–Crippen LogP) is 3.48. The van der Waals surface area contributed by atoms with Crippen LogP contribution in [0.1, 0.15) is 40.2 Å². The third kappa shape index (κ3) is 4.78. The summed E-state index contributed by atoms with van der Waals surface area (Å²) < 4.78 is 5.29. The Labute approximate surface area is 158 Å². The van der Waals surface area contributed by atoms with Crippen LogP contribution in [0.25, 0.3) is 0 Å². The number of nitrogens with one attached hydrogen (secondary N) is 1. The normalized spacial score (nSPS) is 14.6. The molecule has 0 radical (unpaired) electrons. The van der Waals surface area contributed by atoms with Crippen LogP contribution in [0.5, 0.6) is 5.75 Å². The van der Waals surface area contributed by atoms with Crippen LogP contribution in [0.2, 0.25) is 0 Å². The third-order valence-electron chi connectivity index (χ3n) is 4.99. The number of hydrogen-bond donors (Lipinski definition) is 2. The van der Waals surface area contributed by atoms with Crippen LogP contribution in [0.15, 0.2) is 48.5 Å². The Morgan fingerprint density at radius 1 is 1.15 bits per heavy atom. The van der Waals surface area contributed by atoms with E-state index in [1.165, 1.54) is 5.56 Å². The molecule has 27 heavy (non-hydrogen) atoms. The number of likely N-dealkylation sites (tertiary alicyclic amines) is 1. The lowest BCUT2D eigenvalue weighted by atomic mass is 9.89. The minimum Gasteiger partial charge on any atom is -0.497 e. The first-order valence-corrected chi connectivity index (χ1v) is 9.06. The second kappa shape index (κ2) is 8.58. The van der Waals surface area contributed by atoms with Gasteiger partial charge >= 0.3 is 12.0 Å². The zero-order valence-corrected chi connectivity index (χ0v) is 15.4. The maximum atomic E-state index is 12.4. The Hall–Kier alpha value is -3.02.